The van der Waals surface area contributed by atoms with Gasteiger partial charge in [0.15, 0.2) is 0 Å². The van der Waals surface area contributed by atoms with Gasteiger partial charge in [-0.05, 0) is 49.9 Å². The molecule has 3 N–H and O–H groups in total. The Labute approximate surface area is 162 Å². The summed E-state index contributed by atoms with van der Waals surface area (Å²) in [5, 5.41) is 32.0. The van der Waals surface area contributed by atoms with Gasteiger partial charge >= 0.3 is 0 Å². The molecule has 7 nitrogen and oxygen atoms in total. The first-order valence-electron chi connectivity index (χ1n) is 10.2. The first-order chi connectivity index (χ1) is 13.6. The molecule has 2 aromatic rings. The van der Waals surface area contributed by atoms with Crippen LogP contribution in [0.15, 0.2) is 16.7 Å². The number of pyridine rings is 1. The third-order valence-electron chi connectivity index (χ3n) is 7.18. The molecule has 146 valence electrons. The second kappa shape index (κ2) is 5.87. The number of rotatable bonds is 4. The lowest BCUT2D eigenvalue weighted by Crippen LogP contribution is -2.59. The van der Waals surface area contributed by atoms with Crippen LogP contribution in [0.25, 0.3) is 17.5 Å². The minimum atomic E-state index is -0.444. The van der Waals surface area contributed by atoms with Gasteiger partial charge in [0.1, 0.15) is 6.61 Å². The Morgan fingerprint density at radius 1 is 1.18 bits per heavy atom. The molecule has 2 heterocycles. The molecule has 4 saturated carbocycles. The van der Waals surface area contributed by atoms with Crippen molar-refractivity contribution in [1.29, 1.82) is 0 Å². The van der Waals surface area contributed by atoms with E-state index in [0.29, 0.717) is 29.7 Å². The van der Waals surface area contributed by atoms with Gasteiger partial charge in [-0.3, -0.25) is 4.98 Å². The minimum absolute atomic E-state index is 0.203. The molecule has 0 aromatic carbocycles. The number of allylic oxidation sites excluding steroid dienone is 1. The quantitative estimate of drug-likeness (QED) is 0.749. The first-order valence-corrected chi connectivity index (χ1v) is 10.2. The van der Waals surface area contributed by atoms with Crippen LogP contribution in [0.5, 0.6) is 0 Å². The minimum Gasteiger partial charge on any atom is -0.418 e. The Morgan fingerprint density at radius 2 is 2.00 bits per heavy atom. The number of aliphatic hydroxyl groups is 2. The summed E-state index contributed by atoms with van der Waals surface area (Å²) >= 11 is 0. The van der Waals surface area contributed by atoms with E-state index in [1.54, 1.807) is 6.20 Å². The Bertz CT molecular complexity index is 953. The zero-order chi connectivity index (χ0) is 18.9. The van der Waals surface area contributed by atoms with Gasteiger partial charge in [-0.1, -0.05) is 12.2 Å². The van der Waals surface area contributed by atoms with Gasteiger partial charge in [0.25, 0.3) is 5.89 Å². The van der Waals surface area contributed by atoms with Crippen molar-refractivity contribution in [2.45, 2.75) is 56.8 Å². The molecule has 5 aliphatic rings. The third-order valence-corrected chi connectivity index (χ3v) is 7.18. The highest BCUT2D eigenvalue weighted by atomic mass is 16.4. The average molecular weight is 380 g/mol. The maximum absolute atomic E-state index is 10.9. The Morgan fingerprint density at radius 3 is 2.71 bits per heavy atom. The summed E-state index contributed by atoms with van der Waals surface area (Å²) in [6.45, 7) is -0.277. The monoisotopic (exact) mass is 380 g/mol. The summed E-state index contributed by atoms with van der Waals surface area (Å²) in [5.41, 5.74) is 3.48. The fourth-order valence-corrected chi connectivity index (χ4v) is 6.32. The molecule has 4 fully saturated rings. The lowest BCUT2D eigenvalue weighted by Gasteiger charge is -2.58. The predicted octanol–water partition coefficient (Wildman–Crippen LogP) is 2.54. The topological polar surface area (TPSA) is 104 Å². The van der Waals surface area contributed by atoms with Crippen molar-refractivity contribution in [2.75, 3.05) is 5.32 Å². The molecule has 0 spiro atoms. The molecule has 4 bridgehead atoms. The molecule has 0 amide bonds. The summed E-state index contributed by atoms with van der Waals surface area (Å²) in [6, 6.07) is 0.344. The average Bonchev–Trinajstić information content (AvgIpc) is 3.32. The van der Waals surface area contributed by atoms with Crippen molar-refractivity contribution in [3.8, 4) is 11.5 Å². The molecule has 5 aliphatic carbocycles. The van der Waals surface area contributed by atoms with Crippen molar-refractivity contribution in [3.05, 3.63) is 29.4 Å². The Balaban J connectivity index is 1.40. The zero-order valence-corrected chi connectivity index (χ0v) is 15.6. The number of anilines is 1. The normalized spacial score (nSPS) is 34.8. The van der Waals surface area contributed by atoms with Gasteiger partial charge in [0.2, 0.25) is 5.89 Å². The highest BCUT2D eigenvalue weighted by molar-refractivity contribution is 5.83. The fourth-order valence-electron chi connectivity index (χ4n) is 6.32. The Kier molecular flexibility index (Phi) is 3.50. The lowest BCUT2D eigenvalue weighted by molar-refractivity contribution is -0.129. The number of fused-ring (bicyclic) bond motifs is 1. The molecular formula is C21H24N4O3. The smallest absolute Gasteiger partial charge is 0.251 e. The second-order valence-corrected chi connectivity index (χ2v) is 9.04. The maximum atomic E-state index is 10.9. The van der Waals surface area contributed by atoms with Crippen molar-refractivity contribution >= 4 is 11.8 Å². The SMILES string of the molecule is OCc1nnc(-c2cnc3c(c2NC2[C@@H]4CC5C[C@H]2CC(O)(C5)C4)C=CC3)o1. The third kappa shape index (κ3) is 2.46. The highest BCUT2D eigenvalue weighted by Crippen LogP contribution is 2.56. The van der Waals surface area contributed by atoms with E-state index >= 15 is 0 Å². The summed E-state index contributed by atoms with van der Waals surface area (Å²) in [7, 11) is 0. The van der Waals surface area contributed by atoms with Crippen molar-refractivity contribution in [3.63, 3.8) is 0 Å². The van der Waals surface area contributed by atoms with E-state index in [4.69, 9.17) is 4.42 Å². The van der Waals surface area contributed by atoms with Crippen LogP contribution in [0.3, 0.4) is 0 Å². The largest absolute Gasteiger partial charge is 0.418 e. The van der Waals surface area contributed by atoms with Gasteiger partial charge < -0.3 is 19.9 Å². The van der Waals surface area contributed by atoms with E-state index < -0.39 is 5.60 Å². The molecule has 0 saturated heterocycles. The molecule has 28 heavy (non-hydrogen) atoms. The van der Waals surface area contributed by atoms with Crippen molar-refractivity contribution < 1.29 is 14.6 Å². The van der Waals surface area contributed by atoms with E-state index in [2.05, 4.69) is 32.7 Å². The summed E-state index contributed by atoms with van der Waals surface area (Å²) < 4.78 is 5.63. The van der Waals surface area contributed by atoms with Crippen LogP contribution >= 0.6 is 0 Å². The van der Waals surface area contributed by atoms with E-state index in [1.165, 1.54) is 12.8 Å². The molecule has 5 atom stereocenters. The van der Waals surface area contributed by atoms with Crippen LogP contribution < -0.4 is 5.32 Å². The van der Waals surface area contributed by atoms with Gasteiger partial charge in [-0.25, -0.2) is 0 Å². The van der Waals surface area contributed by atoms with E-state index in [0.717, 1.165) is 48.2 Å². The van der Waals surface area contributed by atoms with Crippen LogP contribution in [0, 0.1) is 17.8 Å². The van der Waals surface area contributed by atoms with Gasteiger partial charge in [-0.2, -0.15) is 0 Å². The summed E-state index contributed by atoms with van der Waals surface area (Å²) in [6.07, 6.45) is 12.0. The molecule has 2 aromatic heterocycles. The lowest BCUT2D eigenvalue weighted by atomic mass is 9.52. The molecule has 3 unspecified atom stereocenters. The number of hydrogen-bond acceptors (Lipinski definition) is 7. The Hall–Kier alpha value is -2.25. The van der Waals surface area contributed by atoms with Crippen LogP contribution in [-0.2, 0) is 13.0 Å². The first kappa shape index (κ1) is 16.7. The zero-order valence-electron chi connectivity index (χ0n) is 15.6. The van der Waals surface area contributed by atoms with Gasteiger partial charge in [0, 0.05) is 24.2 Å². The van der Waals surface area contributed by atoms with Crippen molar-refractivity contribution in [1.82, 2.24) is 15.2 Å². The van der Waals surface area contributed by atoms with Crippen LogP contribution in [0.4, 0.5) is 5.69 Å². The summed E-state index contributed by atoms with van der Waals surface area (Å²) in [5.74, 6) is 2.24. The van der Waals surface area contributed by atoms with E-state index in [1.807, 2.05) is 0 Å². The number of hydrogen-bond donors (Lipinski definition) is 3. The number of aromatic nitrogens is 3. The number of aliphatic hydroxyl groups excluding tert-OH is 1. The standard InChI is InChI=1S/C21H24N4O3/c26-10-17-24-25-20(28-17)15-9-22-16-3-1-2-14(16)19(15)23-18-12-4-11-5-13(18)8-21(27,6-11)7-12/h1-2,9,11-13,18,26-27H,3-8,10H2,(H,22,23)/t11?,12-,13+,18?,21?. The fraction of sp³-hybridized carbons (Fsp3) is 0.571. The summed E-state index contributed by atoms with van der Waals surface area (Å²) in [4.78, 5) is 4.59. The van der Waals surface area contributed by atoms with E-state index in [-0.39, 0.29) is 12.5 Å². The molecule has 0 radical (unpaired) electrons. The van der Waals surface area contributed by atoms with Crippen LogP contribution in [0.1, 0.15) is 49.3 Å². The predicted molar refractivity (Wildman–Crippen MR) is 102 cm³/mol. The molecular weight excluding hydrogens is 356 g/mol. The molecule has 7 rings (SSSR count). The molecule has 0 aliphatic heterocycles. The number of nitrogens with zero attached hydrogens (tertiary/aromatic N) is 3. The van der Waals surface area contributed by atoms with Crippen molar-refractivity contribution in [2.24, 2.45) is 17.8 Å². The van der Waals surface area contributed by atoms with Crippen LogP contribution in [0.2, 0.25) is 0 Å². The van der Waals surface area contributed by atoms with Gasteiger partial charge in [0.05, 0.1) is 22.5 Å². The maximum Gasteiger partial charge on any atom is 0.251 e. The van der Waals surface area contributed by atoms with Crippen LogP contribution in [-0.4, -0.2) is 37.0 Å². The molecule has 7 heteroatoms. The highest BCUT2D eigenvalue weighted by Gasteiger charge is 2.54. The number of nitrogens with one attached hydrogen (secondary N) is 1. The van der Waals surface area contributed by atoms with Gasteiger partial charge in [-0.15, -0.1) is 10.2 Å². The van der Waals surface area contributed by atoms with E-state index in [9.17, 15) is 10.2 Å². The second-order valence-electron chi connectivity index (χ2n) is 9.04.